The van der Waals surface area contributed by atoms with Crippen LogP contribution in [0.5, 0.6) is 0 Å². The second-order valence-corrected chi connectivity index (χ2v) is 11.7. The van der Waals surface area contributed by atoms with Crippen LogP contribution in [-0.2, 0) is 15.6 Å². The molecule has 0 atom stereocenters. The van der Waals surface area contributed by atoms with E-state index in [4.69, 9.17) is 0 Å². The number of carbonyl (C=O) groups excluding carboxylic acids is 1. The van der Waals surface area contributed by atoms with Crippen molar-refractivity contribution in [1.29, 1.82) is 5.26 Å². The van der Waals surface area contributed by atoms with Crippen molar-refractivity contribution in [2.75, 3.05) is 45.2 Å². The summed E-state index contributed by atoms with van der Waals surface area (Å²) in [4.78, 5) is 19.1. The fourth-order valence-corrected chi connectivity index (χ4v) is 6.18. The maximum atomic E-state index is 13.6. The quantitative estimate of drug-likeness (QED) is 0.625. The molecule has 2 aromatic carbocycles. The molecule has 0 bridgehead atoms. The first-order valence-electron chi connectivity index (χ1n) is 11.2. The van der Waals surface area contributed by atoms with E-state index in [0.29, 0.717) is 42.9 Å². The molecule has 1 N–H and O–H groups in total. The molecule has 1 aliphatic heterocycles. The van der Waals surface area contributed by atoms with Crippen LogP contribution in [0.1, 0.15) is 46.6 Å². The number of ketones is 1. The second-order valence-electron chi connectivity index (χ2n) is 9.61. The van der Waals surface area contributed by atoms with Crippen molar-refractivity contribution in [3.8, 4) is 6.07 Å². The number of fused-ring (bicyclic) bond motifs is 4. The number of hydrogen-bond donors (Lipinski definition) is 1. The van der Waals surface area contributed by atoms with Gasteiger partial charge in [0.05, 0.1) is 17.2 Å². The zero-order valence-corrected chi connectivity index (χ0v) is 20.5. The predicted molar refractivity (Wildman–Crippen MR) is 131 cm³/mol. The third-order valence-electron chi connectivity index (χ3n) is 7.09. The molecule has 0 radical (unpaired) electrons. The van der Waals surface area contributed by atoms with Crippen molar-refractivity contribution in [1.82, 2.24) is 13.6 Å². The molecule has 9 heteroatoms. The molecule has 0 spiro atoms. The molecule has 0 unspecified atom stereocenters. The van der Waals surface area contributed by atoms with Gasteiger partial charge in [-0.2, -0.15) is 22.3 Å². The minimum absolute atomic E-state index is 0.0197. The fraction of sp³-hybridized carbons (Fsp3) is 0.360. The van der Waals surface area contributed by atoms with Crippen molar-refractivity contribution in [2.45, 2.75) is 19.3 Å². The van der Waals surface area contributed by atoms with Gasteiger partial charge in [-0.1, -0.05) is 19.9 Å². The third kappa shape index (κ3) is 3.25. The topological polar surface area (TPSA) is 101 Å². The van der Waals surface area contributed by atoms with Gasteiger partial charge in [-0.3, -0.25) is 4.79 Å². The van der Waals surface area contributed by atoms with E-state index >= 15 is 0 Å². The predicted octanol–water partition coefficient (Wildman–Crippen LogP) is 2.84. The Kier molecular flexibility index (Phi) is 5.09. The molecular formula is C25H27N5O3S. The van der Waals surface area contributed by atoms with Crippen LogP contribution >= 0.6 is 0 Å². The number of piperazine rings is 1. The van der Waals surface area contributed by atoms with Crippen LogP contribution in [0.15, 0.2) is 36.4 Å². The van der Waals surface area contributed by atoms with E-state index in [1.54, 1.807) is 26.2 Å². The lowest BCUT2D eigenvalue weighted by molar-refractivity contribution is 0.103. The summed E-state index contributed by atoms with van der Waals surface area (Å²) < 4.78 is 27.6. The van der Waals surface area contributed by atoms with E-state index in [9.17, 15) is 18.5 Å². The molecule has 1 saturated heterocycles. The van der Waals surface area contributed by atoms with E-state index in [1.807, 2.05) is 18.2 Å². The minimum Gasteiger partial charge on any atom is -0.369 e. The fourth-order valence-electron chi connectivity index (χ4n) is 5.09. The molecule has 1 aromatic heterocycles. The van der Waals surface area contributed by atoms with Gasteiger partial charge in [-0.15, -0.1) is 0 Å². The van der Waals surface area contributed by atoms with Gasteiger partial charge in [-0.25, -0.2) is 0 Å². The van der Waals surface area contributed by atoms with Crippen LogP contribution in [0.2, 0.25) is 0 Å². The number of rotatable bonds is 3. The lowest BCUT2D eigenvalue weighted by Crippen LogP contribution is -2.51. The molecule has 3 aromatic rings. The number of aromatic amines is 1. The third-order valence-corrected chi connectivity index (χ3v) is 9.03. The molecule has 1 fully saturated rings. The molecule has 34 heavy (non-hydrogen) atoms. The van der Waals surface area contributed by atoms with Crippen LogP contribution in [0, 0.1) is 11.3 Å². The molecule has 0 saturated carbocycles. The molecule has 176 valence electrons. The van der Waals surface area contributed by atoms with Gasteiger partial charge in [-0.05, 0) is 35.9 Å². The van der Waals surface area contributed by atoms with E-state index in [2.05, 4.69) is 35.9 Å². The summed E-state index contributed by atoms with van der Waals surface area (Å²) in [7, 11) is -0.335. The molecule has 1 aliphatic carbocycles. The molecule has 8 nitrogen and oxygen atoms in total. The first-order valence-corrected chi connectivity index (χ1v) is 12.6. The Labute approximate surface area is 199 Å². The Morgan fingerprint density at radius 3 is 2.41 bits per heavy atom. The van der Waals surface area contributed by atoms with Crippen molar-refractivity contribution in [2.24, 2.45) is 0 Å². The molecule has 2 aliphatic rings. The highest BCUT2D eigenvalue weighted by molar-refractivity contribution is 7.86. The average Bonchev–Trinajstić information content (AvgIpc) is 3.22. The van der Waals surface area contributed by atoms with Crippen molar-refractivity contribution >= 4 is 32.6 Å². The normalized spacial score (nSPS) is 18.1. The maximum Gasteiger partial charge on any atom is 0.281 e. The molecule has 2 heterocycles. The summed E-state index contributed by atoms with van der Waals surface area (Å²) in [5.74, 6) is -0.0197. The van der Waals surface area contributed by atoms with Crippen LogP contribution in [0.4, 0.5) is 5.69 Å². The Balaban J connectivity index is 1.50. The summed E-state index contributed by atoms with van der Waals surface area (Å²) in [5.41, 5.74) is 5.02. The summed E-state index contributed by atoms with van der Waals surface area (Å²) >= 11 is 0. The highest BCUT2D eigenvalue weighted by Crippen LogP contribution is 2.44. The van der Waals surface area contributed by atoms with Gasteiger partial charge < -0.3 is 9.88 Å². The number of hydrogen-bond acceptors (Lipinski definition) is 5. The Bertz CT molecular complexity index is 1470. The van der Waals surface area contributed by atoms with E-state index in [-0.39, 0.29) is 5.78 Å². The van der Waals surface area contributed by atoms with Crippen LogP contribution in [0.3, 0.4) is 0 Å². The second kappa shape index (κ2) is 7.67. The van der Waals surface area contributed by atoms with Gasteiger partial charge >= 0.3 is 0 Å². The number of anilines is 1. The van der Waals surface area contributed by atoms with Crippen molar-refractivity contribution < 1.29 is 13.2 Å². The maximum absolute atomic E-state index is 13.6. The summed E-state index contributed by atoms with van der Waals surface area (Å²) in [6.07, 6.45) is 0. The van der Waals surface area contributed by atoms with E-state index in [1.165, 1.54) is 8.61 Å². The van der Waals surface area contributed by atoms with Gasteiger partial charge in [0.25, 0.3) is 10.2 Å². The summed E-state index contributed by atoms with van der Waals surface area (Å²) in [6.45, 7) is 6.18. The number of carbonyl (C=O) groups is 1. The highest BCUT2D eigenvalue weighted by atomic mass is 32.2. The number of H-pyrrole nitrogens is 1. The van der Waals surface area contributed by atoms with Crippen LogP contribution in [0.25, 0.3) is 10.9 Å². The van der Waals surface area contributed by atoms with Gasteiger partial charge in [0, 0.05) is 73.5 Å². The SMILES string of the molecule is CN(C)S(=O)(=O)N1CCN(c2ccc3c(c2)C(C)(C)c2[nH]c4cc(C#N)ccc4c2C3=O)CC1. The Hall–Kier alpha value is -3.19. The average molecular weight is 478 g/mol. The van der Waals surface area contributed by atoms with Gasteiger partial charge in [0.1, 0.15) is 0 Å². The lowest BCUT2D eigenvalue weighted by atomic mass is 9.71. The molecule has 5 rings (SSSR count). The lowest BCUT2D eigenvalue weighted by Gasteiger charge is -2.38. The minimum atomic E-state index is -3.43. The monoisotopic (exact) mass is 477 g/mol. The van der Waals surface area contributed by atoms with Gasteiger partial charge in [0.2, 0.25) is 0 Å². The largest absolute Gasteiger partial charge is 0.369 e. The van der Waals surface area contributed by atoms with Crippen molar-refractivity contribution in [3.05, 3.63) is 64.3 Å². The molecular weight excluding hydrogens is 450 g/mol. The standard InChI is InChI=1S/C25H27N5O3S/c1-25(2)20-14-17(29-9-11-30(12-10-29)34(32,33)28(3)4)6-8-18(20)23(31)22-19-7-5-16(15-26)13-21(19)27-24(22)25/h5-8,13-14,27H,9-12H2,1-4H3. The highest BCUT2D eigenvalue weighted by Gasteiger charge is 2.40. The van der Waals surface area contributed by atoms with Gasteiger partial charge in [0.15, 0.2) is 5.78 Å². The summed E-state index contributed by atoms with van der Waals surface area (Å²) in [5, 5.41) is 10.1. The smallest absolute Gasteiger partial charge is 0.281 e. The number of benzene rings is 2. The van der Waals surface area contributed by atoms with Crippen LogP contribution < -0.4 is 4.90 Å². The first-order chi connectivity index (χ1) is 16.1. The number of nitrogens with zero attached hydrogens (tertiary/aromatic N) is 4. The Morgan fingerprint density at radius 1 is 1.06 bits per heavy atom. The first kappa shape index (κ1) is 22.6. The molecule has 0 amide bonds. The van der Waals surface area contributed by atoms with E-state index < -0.39 is 15.6 Å². The van der Waals surface area contributed by atoms with Crippen molar-refractivity contribution in [3.63, 3.8) is 0 Å². The zero-order valence-electron chi connectivity index (χ0n) is 19.7. The number of aromatic nitrogens is 1. The zero-order chi connectivity index (χ0) is 24.4. The van der Waals surface area contributed by atoms with E-state index in [0.717, 1.165) is 27.8 Å². The number of nitrogens with one attached hydrogen (secondary N) is 1. The van der Waals surface area contributed by atoms with Crippen LogP contribution in [-0.4, -0.2) is 68.1 Å². The summed E-state index contributed by atoms with van der Waals surface area (Å²) in [6, 6.07) is 13.4. The number of nitriles is 1. The Morgan fingerprint density at radius 2 is 1.76 bits per heavy atom.